The summed E-state index contributed by atoms with van der Waals surface area (Å²) in [7, 11) is 6.20. The Bertz CT molecular complexity index is 788. The number of ether oxygens (including phenoxy) is 4. The molecule has 3 rings (SSSR count). The Balaban J connectivity index is 2.17. The van der Waals surface area contributed by atoms with Gasteiger partial charge in [0.2, 0.25) is 5.75 Å². The third kappa shape index (κ3) is 2.74. The molecule has 6 nitrogen and oxygen atoms in total. The minimum Gasteiger partial charge on any atom is -0.493 e. The standard InChI is InChI=1S/C22H28O6/c1-7-8-13-11-22(28-6)12(2)17(18(19(13)23)21(22)24)14-9-15(25-3)20(27-5)16(10-14)26-4/h7,9-12,17-19,23H,1,8H2,2-6H3/t12-,17+,18-,19-,22+/m0/s1. The van der Waals surface area contributed by atoms with Gasteiger partial charge in [0, 0.05) is 18.9 Å². The lowest BCUT2D eigenvalue weighted by Gasteiger charge is -2.33. The van der Waals surface area contributed by atoms with Crippen molar-refractivity contribution >= 4 is 5.78 Å². The second-order valence-corrected chi connectivity index (χ2v) is 7.32. The Labute approximate surface area is 165 Å². The molecule has 1 saturated carbocycles. The third-order valence-electron chi connectivity index (χ3n) is 6.20. The number of hydrogen-bond donors (Lipinski definition) is 1. The molecular formula is C22H28O6. The van der Waals surface area contributed by atoms with E-state index >= 15 is 0 Å². The Morgan fingerprint density at radius 1 is 1.11 bits per heavy atom. The second-order valence-electron chi connectivity index (χ2n) is 7.32. The molecule has 28 heavy (non-hydrogen) atoms. The summed E-state index contributed by atoms with van der Waals surface area (Å²) in [4.78, 5) is 13.3. The highest BCUT2D eigenvalue weighted by molar-refractivity contribution is 5.98. The number of methoxy groups -OCH3 is 4. The minimum atomic E-state index is -1.06. The number of benzene rings is 1. The predicted molar refractivity (Wildman–Crippen MR) is 105 cm³/mol. The van der Waals surface area contributed by atoms with Crippen molar-refractivity contribution in [3.05, 3.63) is 42.0 Å². The average Bonchev–Trinajstić information content (AvgIpc) is 2.86. The Hall–Kier alpha value is -2.31. The number of aliphatic hydroxyl groups is 1. The van der Waals surface area contributed by atoms with Crippen molar-refractivity contribution in [1.29, 1.82) is 0 Å². The summed E-state index contributed by atoms with van der Waals surface area (Å²) < 4.78 is 22.1. The van der Waals surface area contributed by atoms with Crippen LogP contribution in [-0.4, -0.2) is 51.0 Å². The second kappa shape index (κ2) is 7.60. The van der Waals surface area contributed by atoms with Crippen LogP contribution in [0, 0.1) is 11.8 Å². The number of rotatable bonds is 7. The van der Waals surface area contributed by atoms with Gasteiger partial charge in [0.25, 0.3) is 0 Å². The van der Waals surface area contributed by atoms with E-state index in [-0.39, 0.29) is 17.6 Å². The van der Waals surface area contributed by atoms with Crippen LogP contribution in [0.15, 0.2) is 36.4 Å². The molecule has 1 N–H and O–H groups in total. The molecule has 0 unspecified atom stereocenters. The molecule has 1 aromatic carbocycles. The summed E-state index contributed by atoms with van der Waals surface area (Å²) in [5, 5.41) is 11.0. The van der Waals surface area contributed by atoms with Crippen LogP contribution in [-0.2, 0) is 9.53 Å². The highest BCUT2D eigenvalue weighted by Crippen LogP contribution is 2.56. The van der Waals surface area contributed by atoms with E-state index in [0.717, 1.165) is 11.1 Å². The van der Waals surface area contributed by atoms with E-state index in [1.54, 1.807) is 40.6 Å². The van der Waals surface area contributed by atoms with Crippen LogP contribution in [0.25, 0.3) is 0 Å². The van der Waals surface area contributed by atoms with Crippen molar-refractivity contribution in [1.82, 2.24) is 0 Å². The van der Waals surface area contributed by atoms with Crippen molar-refractivity contribution in [2.24, 2.45) is 11.8 Å². The molecule has 2 aliphatic rings. The van der Waals surface area contributed by atoms with Gasteiger partial charge in [-0.05, 0) is 35.8 Å². The van der Waals surface area contributed by atoms with Gasteiger partial charge in [-0.2, -0.15) is 0 Å². The molecule has 0 saturated heterocycles. The normalized spacial score (nSPS) is 31.4. The van der Waals surface area contributed by atoms with Gasteiger partial charge in [-0.3, -0.25) is 4.79 Å². The van der Waals surface area contributed by atoms with E-state index < -0.39 is 17.6 Å². The molecule has 5 atom stereocenters. The Morgan fingerprint density at radius 3 is 2.18 bits per heavy atom. The number of fused-ring (bicyclic) bond motifs is 2. The van der Waals surface area contributed by atoms with Crippen LogP contribution >= 0.6 is 0 Å². The first kappa shape index (κ1) is 20.4. The first-order valence-corrected chi connectivity index (χ1v) is 9.30. The van der Waals surface area contributed by atoms with Crippen LogP contribution < -0.4 is 14.2 Å². The van der Waals surface area contributed by atoms with Crippen molar-refractivity contribution in [2.75, 3.05) is 28.4 Å². The van der Waals surface area contributed by atoms with Gasteiger partial charge in [0.1, 0.15) is 5.60 Å². The molecule has 0 aliphatic heterocycles. The molecule has 2 bridgehead atoms. The van der Waals surface area contributed by atoms with E-state index in [0.29, 0.717) is 23.7 Å². The molecule has 0 radical (unpaired) electrons. The van der Waals surface area contributed by atoms with Gasteiger partial charge >= 0.3 is 0 Å². The van der Waals surface area contributed by atoms with Crippen LogP contribution in [0.4, 0.5) is 0 Å². The zero-order valence-electron chi connectivity index (χ0n) is 17.0. The highest BCUT2D eigenvalue weighted by atomic mass is 16.5. The maximum Gasteiger partial charge on any atom is 0.203 e. The summed E-state index contributed by atoms with van der Waals surface area (Å²) >= 11 is 0. The summed E-state index contributed by atoms with van der Waals surface area (Å²) in [6, 6.07) is 3.69. The van der Waals surface area contributed by atoms with E-state index in [2.05, 4.69) is 6.58 Å². The molecule has 152 valence electrons. The number of aliphatic hydroxyl groups excluding tert-OH is 1. The number of ketones is 1. The van der Waals surface area contributed by atoms with Gasteiger partial charge in [0.15, 0.2) is 17.3 Å². The number of carbonyl (C=O) groups excluding carboxylic acids is 1. The topological polar surface area (TPSA) is 74.2 Å². The number of carbonyl (C=O) groups is 1. The lowest BCUT2D eigenvalue weighted by atomic mass is 9.78. The Kier molecular flexibility index (Phi) is 5.55. The van der Waals surface area contributed by atoms with Gasteiger partial charge < -0.3 is 24.1 Å². The van der Waals surface area contributed by atoms with E-state index in [1.807, 2.05) is 19.1 Å². The zero-order valence-corrected chi connectivity index (χ0v) is 17.0. The minimum absolute atomic E-state index is 0.0958. The van der Waals surface area contributed by atoms with Gasteiger partial charge in [-0.15, -0.1) is 6.58 Å². The molecule has 0 spiro atoms. The smallest absolute Gasteiger partial charge is 0.203 e. The molecular weight excluding hydrogens is 360 g/mol. The van der Waals surface area contributed by atoms with Crippen LogP contribution in [0.3, 0.4) is 0 Å². The highest BCUT2D eigenvalue weighted by Gasteiger charge is 2.63. The number of Topliss-reactive ketones (excluding diaryl/α,β-unsaturated/α-hetero) is 1. The maximum absolute atomic E-state index is 13.3. The molecule has 2 aliphatic carbocycles. The van der Waals surface area contributed by atoms with Gasteiger partial charge in [-0.1, -0.05) is 13.0 Å². The van der Waals surface area contributed by atoms with Gasteiger partial charge in [-0.25, -0.2) is 0 Å². The van der Waals surface area contributed by atoms with Crippen LogP contribution in [0.2, 0.25) is 0 Å². The molecule has 1 fully saturated rings. The van der Waals surface area contributed by atoms with Crippen LogP contribution in [0.5, 0.6) is 17.2 Å². The predicted octanol–water partition coefficient (Wildman–Crippen LogP) is 2.89. The molecule has 0 heterocycles. The van der Waals surface area contributed by atoms with E-state index in [1.165, 1.54) is 0 Å². The zero-order chi connectivity index (χ0) is 20.6. The van der Waals surface area contributed by atoms with Crippen molar-refractivity contribution < 1.29 is 28.8 Å². The fourth-order valence-corrected chi connectivity index (χ4v) is 4.84. The average molecular weight is 388 g/mol. The first-order valence-electron chi connectivity index (χ1n) is 9.30. The van der Waals surface area contributed by atoms with E-state index in [4.69, 9.17) is 18.9 Å². The summed E-state index contributed by atoms with van der Waals surface area (Å²) in [5.74, 6) is 0.348. The van der Waals surface area contributed by atoms with Crippen molar-refractivity contribution in [3.63, 3.8) is 0 Å². The van der Waals surface area contributed by atoms with Crippen molar-refractivity contribution in [2.45, 2.75) is 31.0 Å². The lowest BCUT2D eigenvalue weighted by Crippen LogP contribution is -2.46. The first-order chi connectivity index (χ1) is 13.4. The van der Waals surface area contributed by atoms with Crippen molar-refractivity contribution in [3.8, 4) is 17.2 Å². The quantitative estimate of drug-likeness (QED) is 0.724. The lowest BCUT2D eigenvalue weighted by molar-refractivity contribution is -0.140. The summed E-state index contributed by atoms with van der Waals surface area (Å²) in [6.45, 7) is 5.74. The van der Waals surface area contributed by atoms with Crippen LogP contribution in [0.1, 0.15) is 24.8 Å². The molecule has 1 aromatic rings. The fourth-order valence-electron chi connectivity index (χ4n) is 4.84. The largest absolute Gasteiger partial charge is 0.493 e. The number of hydrogen-bond acceptors (Lipinski definition) is 6. The molecule has 6 heteroatoms. The van der Waals surface area contributed by atoms with E-state index in [9.17, 15) is 9.90 Å². The monoisotopic (exact) mass is 388 g/mol. The molecule has 0 aromatic heterocycles. The summed E-state index contributed by atoms with van der Waals surface area (Å²) in [6.07, 6.45) is 3.14. The summed E-state index contributed by atoms with van der Waals surface area (Å²) in [5.41, 5.74) is 0.544. The van der Waals surface area contributed by atoms with Gasteiger partial charge in [0.05, 0.1) is 33.4 Å². The third-order valence-corrected chi connectivity index (χ3v) is 6.20. The molecule has 0 amide bonds. The number of allylic oxidation sites excluding steroid dienone is 1. The SMILES string of the molecule is C=CCC1=C[C@]2(OC)C(=O)[C@@H]([C@@H](c3cc(OC)c(OC)c(OC)c3)[C@@H]2C)[C@H]1O. The fraction of sp³-hybridized carbons (Fsp3) is 0.500. The Morgan fingerprint density at radius 2 is 1.71 bits per heavy atom. The maximum atomic E-state index is 13.3.